The third-order valence-electron chi connectivity index (χ3n) is 6.23. The van der Waals surface area contributed by atoms with Gasteiger partial charge in [0.15, 0.2) is 11.5 Å². The second-order valence-corrected chi connectivity index (χ2v) is 8.50. The molecule has 0 bridgehead atoms. The molecule has 0 saturated carbocycles. The zero-order valence-electron chi connectivity index (χ0n) is 20.5. The Kier molecular flexibility index (Phi) is 6.60. The maximum Gasteiger partial charge on any atom is 0.266 e. The number of carbonyl (C=O) groups excluding carboxylic acids is 3. The van der Waals surface area contributed by atoms with Crippen LogP contribution in [0.15, 0.2) is 54.6 Å². The van der Waals surface area contributed by atoms with Gasteiger partial charge in [-0.05, 0) is 73.9 Å². The van der Waals surface area contributed by atoms with E-state index in [1.807, 2.05) is 51.1 Å². The summed E-state index contributed by atoms with van der Waals surface area (Å²) in [5.74, 6) is 0.171. The lowest BCUT2D eigenvalue weighted by Crippen LogP contribution is -2.30. The van der Waals surface area contributed by atoms with Gasteiger partial charge in [0, 0.05) is 18.7 Å². The van der Waals surface area contributed by atoms with Crippen LogP contribution in [0.5, 0.6) is 11.5 Å². The van der Waals surface area contributed by atoms with Gasteiger partial charge in [-0.15, -0.1) is 0 Å². The number of nitrogens with zero attached hydrogens (tertiary/aromatic N) is 2. The van der Waals surface area contributed by atoms with Crippen LogP contribution < -0.4 is 14.4 Å². The number of aryl methyl sites for hydroxylation is 2. The number of carbonyl (C=O) groups is 3. The molecular weight excluding hydrogens is 444 g/mol. The average molecular weight is 473 g/mol. The van der Waals surface area contributed by atoms with Gasteiger partial charge >= 0.3 is 0 Å². The number of fused-ring (bicyclic) bond motifs is 1. The van der Waals surface area contributed by atoms with Crippen LogP contribution in [0.4, 0.5) is 5.69 Å². The van der Waals surface area contributed by atoms with E-state index >= 15 is 0 Å². The van der Waals surface area contributed by atoms with Crippen molar-refractivity contribution in [2.45, 2.75) is 27.3 Å². The molecule has 0 fully saturated rings. The first-order chi connectivity index (χ1) is 16.8. The van der Waals surface area contributed by atoms with E-state index in [4.69, 9.17) is 9.47 Å². The first kappa shape index (κ1) is 24.0. The molecule has 0 radical (unpaired) electrons. The molecule has 35 heavy (non-hydrogen) atoms. The molecule has 3 amide bonds. The monoisotopic (exact) mass is 472 g/mol. The van der Waals surface area contributed by atoms with Gasteiger partial charge < -0.3 is 14.4 Å². The zero-order valence-corrected chi connectivity index (χ0v) is 20.5. The highest BCUT2D eigenvalue weighted by Crippen LogP contribution is 2.32. The number of hydrogen-bond donors (Lipinski definition) is 0. The van der Waals surface area contributed by atoms with Crippen LogP contribution in [0.2, 0.25) is 0 Å². The maximum atomic E-state index is 13.4. The molecule has 0 unspecified atom stereocenters. The quantitative estimate of drug-likeness (QED) is 0.463. The highest BCUT2D eigenvalue weighted by molar-refractivity contribution is 6.35. The number of ether oxygens (including phenoxy) is 2. The van der Waals surface area contributed by atoms with E-state index in [-0.39, 0.29) is 17.4 Å². The molecule has 0 aliphatic carbocycles. The van der Waals surface area contributed by atoms with Crippen LogP contribution in [0.25, 0.3) is 0 Å². The lowest BCUT2D eigenvalue weighted by atomic mass is 10.0. The number of anilines is 1. The smallest absolute Gasteiger partial charge is 0.266 e. The second kappa shape index (κ2) is 9.62. The Bertz CT molecular complexity index is 1330. The summed E-state index contributed by atoms with van der Waals surface area (Å²) in [7, 11) is 3.13. The van der Waals surface area contributed by atoms with E-state index in [0.717, 1.165) is 16.7 Å². The number of hydrogen-bond acceptors (Lipinski definition) is 5. The summed E-state index contributed by atoms with van der Waals surface area (Å²) in [6.07, 6.45) is 0. The first-order valence-electron chi connectivity index (χ1n) is 11.4. The average Bonchev–Trinajstić information content (AvgIpc) is 3.12. The van der Waals surface area contributed by atoms with E-state index in [1.54, 1.807) is 37.3 Å². The number of amides is 3. The van der Waals surface area contributed by atoms with Gasteiger partial charge in [-0.1, -0.05) is 18.2 Å². The van der Waals surface area contributed by atoms with Crippen LogP contribution in [0, 0.1) is 13.8 Å². The fourth-order valence-corrected chi connectivity index (χ4v) is 4.26. The molecule has 0 saturated heterocycles. The molecular formula is C28H28N2O5. The van der Waals surface area contributed by atoms with Crippen molar-refractivity contribution in [2.24, 2.45) is 0 Å². The van der Waals surface area contributed by atoms with Crippen molar-refractivity contribution in [3.8, 4) is 11.5 Å². The Morgan fingerprint density at radius 1 is 0.857 bits per heavy atom. The molecule has 4 rings (SSSR count). The van der Waals surface area contributed by atoms with Crippen molar-refractivity contribution in [3.05, 3.63) is 88.0 Å². The standard InChI is InChI=1S/C28H28N2O5/c1-6-29(16-19-9-12-24(34-4)25(14-19)35-5)26(31)20-10-11-21-22(15-20)28(33)30(27(21)32)23-13-17(2)7-8-18(23)3/h7-15H,6,16H2,1-5H3. The van der Waals surface area contributed by atoms with Gasteiger partial charge in [0.1, 0.15) is 0 Å². The highest BCUT2D eigenvalue weighted by Gasteiger charge is 2.38. The molecule has 1 aliphatic rings. The van der Waals surface area contributed by atoms with Crippen molar-refractivity contribution in [3.63, 3.8) is 0 Å². The van der Waals surface area contributed by atoms with Crippen molar-refractivity contribution < 1.29 is 23.9 Å². The summed E-state index contributed by atoms with van der Waals surface area (Å²) in [6.45, 7) is 6.49. The summed E-state index contributed by atoms with van der Waals surface area (Å²) < 4.78 is 10.7. The molecule has 7 nitrogen and oxygen atoms in total. The van der Waals surface area contributed by atoms with E-state index in [0.29, 0.717) is 41.4 Å². The minimum Gasteiger partial charge on any atom is -0.493 e. The van der Waals surface area contributed by atoms with E-state index < -0.39 is 5.91 Å². The molecule has 0 N–H and O–H groups in total. The Labute approximate surface area is 204 Å². The van der Waals surface area contributed by atoms with Gasteiger partial charge in [-0.2, -0.15) is 0 Å². The predicted molar refractivity (Wildman–Crippen MR) is 133 cm³/mol. The third-order valence-corrected chi connectivity index (χ3v) is 6.23. The molecule has 0 aromatic heterocycles. The third kappa shape index (κ3) is 4.37. The van der Waals surface area contributed by atoms with Crippen LogP contribution in [-0.4, -0.2) is 43.4 Å². The maximum absolute atomic E-state index is 13.4. The van der Waals surface area contributed by atoms with Crippen molar-refractivity contribution in [1.82, 2.24) is 4.90 Å². The lowest BCUT2D eigenvalue weighted by molar-refractivity contribution is 0.0752. The SMILES string of the molecule is CCN(Cc1ccc(OC)c(OC)c1)C(=O)c1ccc2c(c1)C(=O)N(c1cc(C)ccc1C)C2=O. The lowest BCUT2D eigenvalue weighted by Gasteiger charge is -2.22. The largest absolute Gasteiger partial charge is 0.493 e. The second-order valence-electron chi connectivity index (χ2n) is 8.50. The van der Waals surface area contributed by atoms with Gasteiger partial charge in [0.2, 0.25) is 0 Å². The summed E-state index contributed by atoms with van der Waals surface area (Å²) in [5, 5.41) is 0. The minimum atomic E-state index is -0.420. The number of methoxy groups -OCH3 is 2. The van der Waals surface area contributed by atoms with Crippen molar-refractivity contribution in [1.29, 1.82) is 0 Å². The Morgan fingerprint density at radius 3 is 2.26 bits per heavy atom. The summed E-state index contributed by atoms with van der Waals surface area (Å²) in [5.41, 5.74) is 4.12. The first-order valence-corrected chi connectivity index (χ1v) is 11.4. The van der Waals surface area contributed by atoms with Crippen LogP contribution in [0.1, 0.15) is 54.7 Å². The van der Waals surface area contributed by atoms with Gasteiger partial charge in [0.25, 0.3) is 17.7 Å². The van der Waals surface area contributed by atoms with Gasteiger partial charge in [-0.25, -0.2) is 4.90 Å². The minimum absolute atomic E-state index is 0.226. The topological polar surface area (TPSA) is 76.2 Å². The summed E-state index contributed by atoms with van der Waals surface area (Å²) in [6, 6.07) is 15.9. The van der Waals surface area contributed by atoms with E-state index in [9.17, 15) is 14.4 Å². The molecule has 0 spiro atoms. The summed E-state index contributed by atoms with van der Waals surface area (Å²) >= 11 is 0. The van der Waals surface area contributed by atoms with Crippen LogP contribution in [0.3, 0.4) is 0 Å². The molecule has 1 heterocycles. The predicted octanol–water partition coefficient (Wildman–Crippen LogP) is 4.78. The van der Waals surface area contributed by atoms with Gasteiger partial charge in [-0.3, -0.25) is 14.4 Å². The Hall–Kier alpha value is -4.13. The van der Waals surface area contributed by atoms with E-state index in [1.165, 1.54) is 11.0 Å². The Balaban J connectivity index is 1.61. The van der Waals surface area contributed by atoms with Crippen LogP contribution >= 0.6 is 0 Å². The van der Waals surface area contributed by atoms with Gasteiger partial charge in [0.05, 0.1) is 31.0 Å². The number of rotatable bonds is 7. The molecule has 0 atom stereocenters. The van der Waals surface area contributed by atoms with Crippen molar-refractivity contribution >= 4 is 23.4 Å². The van der Waals surface area contributed by atoms with E-state index in [2.05, 4.69) is 0 Å². The molecule has 3 aromatic rings. The fraction of sp³-hybridized carbons (Fsp3) is 0.250. The number of benzene rings is 3. The summed E-state index contributed by atoms with van der Waals surface area (Å²) in [4.78, 5) is 42.6. The molecule has 7 heteroatoms. The van der Waals surface area contributed by atoms with Crippen molar-refractivity contribution in [2.75, 3.05) is 25.7 Å². The molecule has 3 aromatic carbocycles. The number of imide groups is 1. The molecule has 1 aliphatic heterocycles. The fourth-order valence-electron chi connectivity index (χ4n) is 4.26. The highest BCUT2D eigenvalue weighted by atomic mass is 16.5. The Morgan fingerprint density at radius 2 is 1.57 bits per heavy atom. The molecule has 180 valence electrons. The normalized spacial score (nSPS) is 12.5. The zero-order chi connectivity index (χ0) is 25.3. The van der Waals surface area contributed by atoms with Crippen LogP contribution in [-0.2, 0) is 6.54 Å².